The minimum Gasteiger partial charge on any atom is -0.469 e. The zero-order valence-corrected chi connectivity index (χ0v) is 29.1. The van der Waals surface area contributed by atoms with Crippen LogP contribution < -0.4 is 5.32 Å². The molecule has 0 saturated carbocycles. The maximum Gasteiger partial charge on any atom is 0.416 e. The average Bonchev–Trinajstić information content (AvgIpc) is 3.11. The maximum absolute atomic E-state index is 13.1. The quantitative estimate of drug-likeness (QED) is 0.221. The van der Waals surface area contributed by atoms with Gasteiger partial charge in [-0.05, 0) is 48.2 Å². The Balaban J connectivity index is 1.22. The van der Waals surface area contributed by atoms with E-state index >= 15 is 0 Å². The molecule has 0 unspecified atom stereocenters. The smallest absolute Gasteiger partial charge is 0.416 e. The third-order valence-corrected chi connectivity index (χ3v) is 9.39. The van der Waals surface area contributed by atoms with Gasteiger partial charge in [-0.15, -0.1) is 0 Å². The van der Waals surface area contributed by atoms with Crippen molar-refractivity contribution in [2.24, 2.45) is 0 Å². The molecule has 10 nitrogen and oxygen atoms in total. The zero-order valence-electron chi connectivity index (χ0n) is 29.1. The van der Waals surface area contributed by atoms with E-state index in [-0.39, 0.29) is 50.3 Å². The average molecular weight is 742 g/mol. The highest BCUT2D eigenvalue weighted by molar-refractivity contribution is 5.82. The number of hydrogen-bond donors (Lipinski definition) is 1. The highest BCUT2D eigenvalue weighted by atomic mass is 19.4. The van der Waals surface area contributed by atoms with Crippen LogP contribution in [0.15, 0.2) is 48.5 Å². The molecule has 0 atom stereocenters. The summed E-state index contributed by atoms with van der Waals surface area (Å²) in [4.78, 5) is 58.0. The number of amides is 3. The van der Waals surface area contributed by atoms with Crippen molar-refractivity contribution in [1.29, 1.82) is 0 Å². The van der Waals surface area contributed by atoms with Crippen LogP contribution in [-0.2, 0) is 49.4 Å². The highest BCUT2D eigenvalue weighted by Crippen LogP contribution is 2.30. The summed E-state index contributed by atoms with van der Waals surface area (Å²) in [6.07, 6.45) is -8.20. The minimum absolute atomic E-state index is 0.104. The van der Waals surface area contributed by atoms with Gasteiger partial charge in [-0.1, -0.05) is 24.3 Å². The van der Waals surface area contributed by atoms with Crippen LogP contribution >= 0.6 is 0 Å². The number of hydrogen-bond acceptors (Lipinski definition) is 7. The molecule has 2 fully saturated rings. The van der Waals surface area contributed by atoms with Gasteiger partial charge in [0, 0.05) is 90.8 Å². The van der Waals surface area contributed by atoms with Crippen LogP contribution in [0.2, 0.25) is 0 Å². The number of piperazine rings is 2. The van der Waals surface area contributed by atoms with Crippen LogP contribution in [0.5, 0.6) is 0 Å². The van der Waals surface area contributed by atoms with Crippen molar-refractivity contribution in [3.8, 4) is 0 Å². The molecule has 52 heavy (non-hydrogen) atoms. The van der Waals surface area contributed by atoms with E-state index in [1.165, 1.54) is 31.4 Å². The van der Waals surface area contributed by atoms with Crippen LogP contribution in [0.4, 0.5) is 26.3 Å². The normalized spacial score (nSPS) is 16.2. The van der Waals surface area contributed by atoms with Crippen LogP contribution in [0.3, 0.4) is 0 Å². The fourth-order valence-corrected chi connectivity index (χ4v) is 6.24. The van der Waals surface area contributed by atoms with Gasteiger partial charge in [-0.2, -0.15) is 26.3 Å². The molecule has 4 rings (SSSR count). The fourth-order valence-electron chi connectivity index (χ4n) is 6.24. The molecule has 16 heteroatoms. The molecule has 2 heterocycles. The SMILES string of the molecule is COC(=O)CCC(=O)NC(CCC(=O)N1CCN(Cc2ccc(C(F)(F)F)cc2)CC1)CCC(=O)N1CCN(Cc2ccc(C(F)(F)F)cc2)CC1. The zero-order chi connectivity index (χ0) is 37.9. The number of esters is 1. The lowest BCUT2D eigenvalue weighted by Crippen LogP contribution is -2.49. The van der Waals surface area contributed by atoms with Crippen LogP contribution in [0.1, 0.15) is 60.8 Å². The number of rotatable bonds is 14. The summed E-state index contributed by atoms with van der Waals surface area (Å²) in [5, 5.41) is 2.86. The Hall–Kier alpha value is -4.18. The van der Waals surface area contributed by atoms with E-state index in [4.69, 9.17) is 0 Å². The van der Waals surface area contributed by atoms with Crippen molar-refractivity contribution < 1.29 is 50.3 Å². The van der Waals surface area contributed by atoms with Gasteiger partial charge in [0.05, 0.1) is 24.7 Å². The van der Waals surface area contributed by atoms with Gasteiger partial charge in [-0.25, -0.2) is 0 Å². The van der Waals surface area contributed by atoms with Gasteiger partial charge in [0.2, 0.25) is 17.7 Å². The summed E-state index contributed by atoms with van der Waals surface area (Å²) in [5.41, 5.74) is 0.0789. The Labute approximate surface area is 299 Å². The summed E-state index contributed by atoms with van der Waals surface area (Å²) < 4.78 is 81.9. The maximum atomic E-state index is 13.1. The van der Waals surface area contributed by atoms with Crippen LogP contribution in [0, 0.1) is 0 Å². The van der Waals surface area contributed by atoms with Gasteiger partial charge in [0.15, 0.2) is 0 Å². The summed E-state index contributed by atoms with van der Waals surface area (Å²) in [6, 6.07) is 9.56. The molecule has 0 radical (unpaired) electrons. The molecule has 0 aliphatic carbocycles. The Morgan fingerprint density at radius 1 is 0.615 bits per heavy atom. The van der Waals surface area contributed by atoms with E-state index in [1.807, 2.05) is 0 Å². The third kappa shape index (κ3) is 12.8. The first-order chi connectivity index (χ1) is 24.6. The third-order valence-electron chi connectivity index (χ3n) is 9.39. The van der Waals surface area contributed by atoms with E-state index in [0.717, 1.165) is 35.4 Å². The Kier molecular flexibility index (Phi) is 14.5. The lowest BCUT2D eigenvalue weighted by molar-refractivity contribution is -0.142. The molecule has 2 aromatic carbocycles. The molecular weight excluding hydrogens is 696 g/mol. The summed E-state index contributed by atoms with van der Waals surface area (Å²) in [7, 11) is 1.23. The number of nitrogens with zero attached hydrogens (tertiary/aromatic N) is 4. The second-order valence-corrected chi connectivity index (χ2v) is 13.1. The summed E-state index contributed by atoms with van der Waals surface area (Å²) in [5.74, 6) is -1.16. The number of carbonyl (C=O) groups excluding carboxylic acids is 4. The Bertz CT molecular complexity index is 1390. The standard InChI is InChI=1S/C36H45F6N5O5/c1-52-34(51)15-12-31(48)43-30(10-13-32(49)46-20-16-44(17-21-46)24-26-2-6-28(7-3-26)35(37,38)39)11-14-33(50)47-22-18-45(19-23-47)25-27-4-8-29(9-5-27)36(40,41)42/h2-9,30H,10-25H2,1H3,(H,43,48). The molecule has 3 amide bonds. The molecule has 2 aliphatic heterocycles. The molecule has 2 saturated heterocycles. The molecule has 1 N–H and O–H groups in total. The van der Waals surface area contributed by atoms with Gasteiger partial charge < -0.3 is 19.9 Å². The second-order valence-electron chi connectivity index (χ2n) is 13.1. The monoisotopic (exact) mass is 741 g/mol. The largest absolute Gasteiger partial charge is 0.469 e. The predicted octanol–water partition coefficient (Wildman–Crippen LogP) is 4.71. The Morgan fingerprint density at radius 3 is 1.35 bits per heavy atom. The lowest BCUT2D eigenvalue weighted by atomic mass is 10.0. The highest BCUT2D eigenvalue weighted by Gasteiger charge is 2.31. The topological polar surface area (TPSA) is 102 Å². The van der Waals surface area contributed by atoms with E-state index in [1.54, 1.807) is 9.80 Å². The van der Waals surface area contributed by atoms with Crippen LogP contribution in [0.25, 0.3) is 0 Å². The van der Waals surface area contributed by atoms with Gasteiger partial charge in [-0.3, -0.25) is 29.0 Å². The van der Waals surface area contributed by atoms with E-state index < -0.39 is 41.4 Å². The number of ether oxygens (including phenoxy) is 1. The summed E-state index contributed by atoms with van der Waals surface area (Å²) >= 11 is 0. The first-order valence-corrected chi connectivity index (χ1v) is 17.3. The number of methoxy groups -OCH3 is 1. The van der Waals surface area contributed by atoms with Crippen molar-refractivity contribution in [3.63, 3.8) is 0 Å². The van der Waals surface area contributed by atoms with Gasteiger partial charge >= 0.3 is 18.3 Å². The molecule has 0 bridgehead atoms. The number of carbonyl (C=O) groups is 4. The second kappa shape index (κ2) is 18.5. The van der Waals surface area contributed by atoms with Crippen molar-refractivity contribution in [2.45, 2.75) is 70.0 Å². The van der Waals surface area contributed by atoms with Crippen molar-refractivity contribution >= 4 is 23.7 Å². The van der Waals surface area contributed by atoms with Gasteiger partial charge in [0.25, 0.3) is 0 Å². The fraction of sp³-hybridized carbons (Fsp3) is 0.556. The number of benzene rings is 2. The molecule has 2 aliphatic rings. The predicted molar refractivity (Wildman–Crippen MR) is 178 cm³/mol. The molecule has 0 aromatic heterocycles. The molecule has 2 aromatic rings. The minimum atomic E-state index is -4.40. The van der Waals surface area contributed by atoms with E-state index in [9.17, 15) is 45.5 Å². The van der Waals surface area contributed by atoms with Crippen molar-refractivity contribution in [2.75, 3.05) is 59.5 Å². The molecular formula is C36H45F6N5O5. The summed E-state index contributed by atoms with van der Waals surface area (Å²) in [6.45, 7) is 4.89. The number of alkyl halides is 6. The first-order valence-electron chi connectivity index (χ1n) is 17.3. The number of halogens is 6. The van der Waals surface area contributed by atoms with Gasteiger partial charge in [0.1, 0.15) is 0 Å². The van der Waals surface area contributed by atoms with Crippen molar-refractivity contribution in [1.82, 2.24) is 24.9 Å². The van der Waals surface area contributed by atoms with Crippen molar-refractivity contribution in [3.05, 3.63) is 70.8 Å². The number of nitrogens with one attached hydrogen (secondary N) is 1. The Morgan fingerprint density at radius 2 is 1.00 bits per heavy atom. The lowest BCUT2D eigenvalue weighted by Gasteiger charge is -2.35. The van der Waals surface area contributed by atoms with Crippen LogP contribution in [-0.4, -0.2) is 109 Å². The first kappa shape index (κ1) is 40.6. The van der Waals surface area contributed by atoms with E-state index in [0.29, 0.717) is 65.4 Å². The molecule has 286 valence electrons. The molecule has 0 spiro atoms. The van der Waals surface area contributed by atoms with E-state index in [2.05, 4.69) is 19.9 Å².